The Bertz CT molecular complexity index is 164. The Hall–Kier alpha value is -0.715. The van der Waals surface area contributed by atoms with Gasteiger partial charge in [-0.05, 0) is 6.92 Å². The third-order valence-electron chi connectivity index (χ3n) is 1.41. The highest BCUT2D eigenvalue weighted by molar-refractivity contribution is 6.65. The van der Waals surface area contributed by atoms with Crippen molar-refractivity contribution in [2.45, 2.75) is 20.6 Å². The maximum Gasteiger partial charge on any atom is 0.169 e. The van der Waals surface area contributed by atoms with Crippen molar-refractivity contribution in [1.82, 2.24) is 0 Å². The van der Waals surface area contributed by atoms with Gasteiger partial charge < -0.3 is 0 Å². The summed E-state index contributed by atoms with van der Waals surface area (Å²) in [6.45, 7) is 14.4. The molecule has 0 amide bonds. The fraction of sp³-hybridized carbons (Fsp3) is 0.333. The highest BCUT2D eigenvalue weighted by Gasteiger charge is 2.04. The molecule has 0 nitrogen and oxygen atoms in total. The van der Waals surface area contributed by atoms with E-state index in [1.165, 1.54) is 5.47 Å². The predicted molar refractivity (Wildman–Crippen MR) is 50.6 cm³/mol. The number of hydrogen-bond donors (Lipinski definition) is 0. The molecule has 0 atom stereocenters. The average Bonchev–Trinajstić information content (AvgIpc) is 1.81. The largest absolute Gasteiger partial charge is 0.169 e. The van der Waals surface area contributed by atoms with Crippen molar-refractivity contribution in [1.29, 1.82) is 0 Å². The maximum absolute atomic E-state index is 3.88. The topological polar surface area (TPSA) is 0 Å². The lowest BCUT2D eigenvalue weighted by atomic mass is 9.47. The van der Waals surface area contributed by atoms with Gasteiger partial charge in [0, 0.05) is 0 Å². The molecule has 0 unspecified atom stereocenters. The molecule has 0 aliphatic rings. The lowest BCUT2D eigenvalue weighted by Crippen LogP contribution is -2.05. The summed E-state index contributed by atoms with van der Waals surface area (Å²) in [5, 5.41) is 0. The quantitative estimate of drug-likeness (QED) is 0.411. The van der Waals surface area contributed by atoms with E-state index in [0.29, 0.717) is 6.71 Å². The van der Waals surface area contributed by atoms with Crippen LogP contribution in [0.2, 0.25) is 13.6 Å². The molecule has 0 saturated heterocycles. The first-order valence-electron chi connectivity index (χ1n) is 3.58. The minimum atomic E-state index is 0.551. The summed E-state index contributed by atoms with van der Waals surface area (Å²) < 4.78 is 0. The molecule has 0 saturated carbocycles. The van der Waals surface area contributed by atoms with Gasteiger partial charge in [0.25, 0.3) is 0 Å². The minimum Gasteiger partial charge on any atom is -0.0991 e. The van der Waals surface area contributed by atoms with Crippen LogP contribution >= 0.6 is 0 Å². The van der Waals surface area contributed by atoms with Crippen LogP contribution in [0, 0.1) is 0 Å². The first-order valence-corrected chi connectivity index (χ1v) is 3.58. The summed E-state index contributed by atoms with van der Waals surface area (Å²) in [6.07, 6.45) is 3.83. The third kappa shape index (κ3) is 2.72. The Kier molecular flexibility index (Phi) is 3.86. The van der Waals surface area contributed by atoms with Crippen LogP contribution in [0.25, 0.3) is 0 Å². The zero-order chi connectivity index (χ0) is 8.15. The van der Waals surface area contributed by atoms with Crippen molar-refractivity contribution < 1.29 is 0 Å². The molecule has 1 heteroatoms. The van der Waals surface area contributed by atoms with Gasteiger partial charge in [-0.2, -0.15) is 0 Å². The Labute approximate surface area is 64.4 Å². The van der Waals surface area contributed by atoms with Crippen molar-refractivity contribution in [2.75, 3.05) is 0 Å². The number of rotatable bonds is 3. The third-order valence-corrected chi connectivity index (χ3v) is 1.41. The number of hydrogen-bond acceptors (Lipinski definition) is 0. The fourth-order valence-corrected chi connectivity index (χ4v) is 0.954. The second kappa shape index (κ2) is 4.16. The molecule has 0 fully saturated rings. The van der Waals surface area contributed by atoms with E-state index in [-0.39, 0.29) is 0 Å². The van der Waals surface area contributed by atoms with E-state index in [4.69, 9.17) is 0 Å². The Morgan fingerprint density at radius 2 is 1.90 bits per heavy atom. The monoisotopic (exact) mass is 134 g/mol. The van der Waals surface area contributed by atoms with Crippen LogP contribution < -0.4 is 0 Å². The predicted octanol–water partition coefficient (Wildman–Crippen LogP) is 2.97. The molecule has 0 bridgehead atoms. The Balaban J connectivity index is 4.41. The van der Waals surface area contributed by atoms with Gasteiger partial charge in [0.15, 0.2) is 6.71 Å². The standard InChI is InChI=1S/C9H15B/c1-6-7-9(8(2)3)10(4)5/h6-7H,1-2H2,3-5H3/b9-7+. The van der Waals surface area contributed by atoms with Gasteiger partial charge in [-0.15, -0.1) is 0 Å². The first-order chi connectivity index (χ1) is 4.59. The Morgan fingerprint density at radius 1 is 1.40 bits per heavy atom. The second-order valence-corrected chi connectivity index (χ2v) is 2.79. The molecule has 0 rings (SSSR count). The summed E-state index contributed by atoms with van der Waals surface area (Å²) in [5.41, 5.74) is 2.42. The average molecular weight is 134 g/mol. The zero-order valence-electron chi connectivity index (χ0n) is 7.15. The molecule has 0 heterocycles. The molecular weight excluding hydrogens is 119 g/mol. The van der Waals surface area contributed by atoms with Gasteiger partial charge in [-0.1, -0.05) is 50.0 Å². The molecule has 0 radical (unpaired) electrons. The van der Waals surface area contributed by atoms with Gasteiger partial charge in [-0.25, -0.2) is 0 Å². The smallest absolute Gasteiger partial charge is 0.0991 e. The molecule has 0 aliphatic carbocycles. The van der Waals surface area contributed by atoms with E-state index in [9.17, 15) is 0 Å². The van der Waals surface area contributed by atoms with E-state index in [1.807, 2.05) is 19.1 Å². The van der Waals surface area contributed by atoms with Crippen LogP contribution in [0.5, 0.6) is 0 Å². The van der Waals surface area contributed by atoms with Crippen molar-refractivity contribution in [3.63, 3.8) is 0 Å². The zero-order valence-corrected chi connectivity index (χ0v) is 7.15. The number of allylic oxidation sites excluding steroid dienone is 4. The molecule has 54 valence electrons. The normalized spacial score (nSPS) is 10.9. The van der Waals surface area contributed by atoms with E-state index >= 15 is 0 Å². The van der Waals surface area contributed by atoms with Gasteiger partial charge in [0.1, 0.15) is 0 Å². The summed E-state index contributed by atoms with van der Waals surface area (Å²) in [4.78, 5) is 0. The van der Waals surface area contributed by atoms with E-state index in [1.54, 1.807) is 0 Å². The molecule has 0 aliphatic heterocycles. The summed E-state index contributed by atoms with van der Waals surface area (Å²) in [7, 11) is 0. The van der Waals surface area contributed by atoms with Crippen LogP contribution in [0.15, 0.2) is 36.4 Å². The van der Waals surface area contributed by atoms with Crippen LogP contribution in [0.3, 0.4) is 0 Å². The summed E-state index contributed by atoms with van der Waals surface area (Å²) in [5.74, 6) is 0. The molecular formula is C9H15B. The molecule has 0 aromatic carbocycles. The minimum absolute atomic E-state index is 0.551. The highest BCUT2D eigenvalue weighted by Crippen LogP contribution is 2.10. The van der Waals surface area contributed by atoms with E-state index in [2.05, 4.69) is 26.8 Å². The van der Waals surface area contributed by atoms with Crippen molar-refractivity contribution >= 4 is 6.71 Å². The van der Waals surface area contributed by atoms with Gasteiger partial charge >= 0.3 is 0 Å². The maximum atomic E-state index is 3.88. The van der Waals surface area contributed by atoms with Gasteiger partial charge in [-0.3, -0.25) is 0 Å². The van der Waals surface area contributed by atoms with Crippen molar-refractivity contribution in [3.05, 3.63) is 36.4 Å². The molecule has 0 aromatic rings. The van der Waals surface area contributed by atoms with Crippen LogP contribution in [-0.2, 0) is 0 Å². The van der Waals surface area contributed by atoms with E-state index in [0.717, 1.165) is 5.57 Å². The first kappa shape index (κ1) is 9.28. The molecule has 0 spiro atoms. The Morgan fingerprint density at radius 3 is 2.00 bits per heavy atom. The van der Waals surface area contributed by atoms with Crippen LogP contribution in [-0.4, -0.2) is 6.71 Å². The van der Waals surface area contributed by atoms with Crippen molar-refractivity contribution in [2.24, 2.45) is 0 Å². The van der Waals surface area contributed by atoms with Crippen LogP contribution in [0.1, 0.15) is 6.92 Å². The molecule has 10 heavy (non-hydrogen) atoms. The lowest BCUT2D eigenvalue weighted by Gasteiger charge is -2.06. The SMILES string of the molecule is C=C/C=C(/B(C)C)C(=C)C. The van der Waals surface area contributed by atoms with Gasteiger partial charge in [0.2, 0.25) is 0 Å². The highest BCUT2D eigenvalue weighted by atomic mass is 13.9. The second-order valence-electron chi connectivity index (χ2n) is 2.79. The van der Waals surface area contributed by atoms with Gasteiger partial charge in [0.05, 0.1) is 0 Å². The molecule has 0 N–H and O–H groups in total. The lowest BCUT2D eigenvalue weighted by molar-refractivity contribution is 1.50. The van der Waals surface area contributed by atoms with Crippen molar-refractivity contribution in [3.8, 4) is 0 Å². The fourth-order valence-electron chi connectivity index (χ4n) is 0.954. The van der Waals surface area contributed by atoms with E-state index < -0.39 is 0 Å². The van der Waals surface area contributed by atoms with Crippen LogP contribution in [0.4, 0.5) is 0 Å². The summed E-state index contributed by atoms with van der Waals surface area (Å²) in [6, 6.07) is 0. The molecule has 0 aromatic heterocycles. The summed E-state index contributed by atoms with van der Waals surface area (Å²) >= 11 is 0.